The second kappa shape index (κ2) is 5.35. The second-order valence-corrected chi connectivity index (χ2v) is 2.07. The molecule has 0 heterocycles. The molecule has 0 fully saturated rings. The largest absolute Gasteiger partial charge is 0.466 e. The summed E-state index contributed by atoms with van der Waals surface area (Å²) in [5.74, 6) is -1.05. The Morgan fingerprint density at radius 1 is 1.42 bits per heavy atom. The summed E-state index contributed by atoms with van der Waals surface area (Å²) in [6.07, 6.45) is 1.11. The van der Waals surface area contributed by atoms with Gasteiger partial charge in [-0.1, -0.05) is 0 Å². The van der Waals surface area contributed by atoms with E-state index in [0.29, 0.717) is 6.61 Å². The Kier molecular flexibility index (Phi) is 4.76. The molecule has 0 amide bonds. The van der Waals surface area contributed by atoms with Crippen LogP contribution in [-0.4, -0.2) is 25.7 Å². The Morgan fingerprint density at radius 3 is 2.42 bits per heavy atom. The van der Waals surface area contributed by atoms with Crippen molar-refractivity contribution >= 4 is 11.9 Å². The quantitative estimate of drug-likeness (QED) is 0.463. The first kappa shape index (κ1) is 10.7. The number of carbonyl (C=O) groups is 2. The summed E-state index contributed by atoms with van der Waals surface area (Å²) in [5.41, 5.74) is 0.232. The fourth-order valence-electron chi connectivity index (χ4n) is 0.581. The Balaban J connectivity index is 4.15. The van der Waals surface area contributed by atoms with Crippen molar-refractivity contribution in [1.82, 2.24) is 0 Å². The molecule has 0 bridgehead atoms. The van der Waals surface area contributed by atoms with E-state index in [1.807, 2.05) is 0 Å². The van der Waals surface area contributed by atoms with Crippen LogP contribution in [0.1, 0.15) is 13.8 Å². The van der Waals surface area contributed by atoms with Gasteiger partial charge in [0.15, 0.2) is 0 Å². The third-order valence-corrected chi connectivity index (χ3v) is 1.13. The lowest BCUT2D eigenvalue weighted by atomic mass is 10.3. The standard InChI is InChI=1S/C8H12O4/c1-4-12-7(9)5-6(2)8(10)11-3/h5H,4H2,1-3H3/b6-5+. The number of hydrogen-bond donors (Lipinski definition) is 0. The van der Waals surface area contributed by atoms with E-state index in [-0.39, 0.29) is 5.57 Å². The van der Waals surface area contributed by atoms with Crippen LogP contribution in [0.4, 0.5) is 0 Å². The second-order valence-electron chi connectivity index (χ2n) is 2.07. The smallest absolute Gasteiger partial charge is 0.333 e. The summed E-state index contributed by atoms with van der Waals surface area (Å²) in [6.45, 7) is 3.48. The average molecular weight is 172 g/mol. The predicted molar refractivity (Wildman–Crippen MR) is 42.4 cm³/mol. The first-order chi connectivity index (χ1) is 5.61. The molecule has 68 valence electrons. The third-order valence-electron chi connectivity index (χ3n) is 1.13. The molecule has 12 heavy (non-hydrogen) atoms. The molecule has 0 saturated heterocycles. The summed E-state index contributed by atoms with van der Waals surface area (Å²) in [7, 11) is 1.25. The maximum Gasteiger partial charge on any atom is 0.333 e. The highest BCUT2D eigenvalue weighted by Gasteiger charge is 2.05. The van der Waals surface area contributed by atoms with Gasteiger partial charge in [0.05, 0.1) is 13.7 Å². The average Bonchev–Trinajstić information content (AvgIpc) is 2.03. The van der Waals surface area contributed by atoms with Gasteiger partial charge in [-0.2, -0.15) is 0 Å². The van der Waals surface area contributed by atoms with Gasteiger partial charge in [0, 0.05) is 11.6 Å². The molecule has 0 saturated carbocycles. The molecule has 0 aromatic heterocycles. The van der Waals surface area contributed by atoms with E-state index < -0.39 is 11.9 Å². The summed E-state index contributed by atoms with van der Waals surface area (Å²) < 4.78 is 8.96. The minimum Gasteiger partial charge on any atom is -0.466 e. The van der Waals surface area contributed by atoms with Gasteiger partial charge in [0.25, 0.3) is 0 Å². The van der Waals surface area contributed by atoms with Crippen LogP contribution in [0.15, 0.2) is 11.6 Å². The maximum absolute atomic E-state index is 10.8. The first-order valence-electron chi connectivity index (χ1n) is 3.55. The summed E-state index contributed by atoms with van der Waals surface area (Å²) in [4.78, 5) is 21.5. The van der Waals surface area contributed by atoms with Crippen molar-refractivity contribution in [3.63, 3.8) is 0 Å². The van der Waals surface area contributed by atoms with Gasteiger partial charge in [-0.15, -0.1) is 0 Å². The molecule has 0 unspecified atom stereocenters. The highest BCUT2D eigenvalue weighted by Crippen LogP contribution is 1.96. The van der Waals surface area contributed by atoms with E-state index >= 15 is 0 Å². The Morgan fingerprint density at radius 2 is 2.00 bits per heavy atom. The van der Waals surface area contributed by atoms with E-state index in [1.54, 1.807) is 6.92 Å². The van der Waals surface area contributed by atoms with Gasteiger partial charge in [-0.25, -0.2) is 9.59 Å². The van der Waals surface area contributed by atoms with Crippen molar-refractivity contribution in [2.75, 3.05) is 13.7 Å². The molecule has 4 nitrogen and oxygen atoms in total. The fourth-order valence-corrected chi connectivity index (χ4v) is 0.581. The van der Waals surface area contributed by atoms with Gasteiger partial charge >= 0.3 is 11.9 Å². The van der Waals surface area contributed by atoms with Gasteiger partial charge < -0.3 is 9.47 Å². The summed E-state index contributed by atoms with van der Waals surface area (Å²) in [6, 6.07) is 0. The predicted octanol–water partition coefficient (Wildman–Crippen LogP) is 0.669. The number of methoxy groups -OCH3 is 1. The minimum absolute atomic E-state index is 0.232. The molecular formula is C8H12O4. The lowest BCUT2D eigenvalue weighted by Crippen LogP contribution is -2.06. The first-order valence-corrected chi connectivity index (χ1v) is 3.55. The molecule has 0 aliphatic heterocycles. The van der Waals surface area contributed by atoms with Crippen molar-refractivity contribution in [1.29, 1.82) is 0 Å². The number of carbonyl (C=O) groups excluding carboxylic acids is 2. The molecule has 0 aliphatic carbocycles. The number of hydrogen-bond acceptors (Lipinski definition) is 4. The SMILES string of the molecule is CCOC(=O)/C=C(\C)C(=O)OC. The number of esters is 2. The molecule has 0 aliphatic rings. The molecule has 0 rings (SSSR count). The topological polar surface area (TPSA) is 52.6 Å². The highest BCUT2D eigenvalue weighted by atomic mass is 16.5. The van der Waals surface area contributed by atoms with Crippen LogP contribution < -0.4 is 0 Å². The lowest BCUT2D eigenvalue weighted by Gasteiger charge is -1.98. The van der Waals surface area contributed by atoms with Gasteiger partial charge in [0.2, 0.25) is 0 Å². The lowest BCUT2D eigenvalue weighted by molar-refractivity contribution is -0.139. The normalized spacial score (nSPS) is 10.8. The molecule has 0 aromatic rings. The Bertz CT molecular complexity index is 205. The van der Waals surface area contributed by atoms with Crippen LogP contribution >= 0.6 is 0 Å². The molecule has 4 heteroatoms. The minimum atomic E-state index is -0.527. The van der Waals surface area contributed by atoms with Crippen LogP contribution in [0, 0.1) is 0 Å². The van der Waals surface area contributed by atoms with Crippen LogP contribution in [-0.2, 0) is 19.1 Å². The van der Waals surface area contributed by atoms with Gasteiger partial charge in [0.1, 0.15) is 0 Å². The van der Waals surface area contributed by atoms with Crippen LogP contribution in [0.2, 0.25) is 0 Å². The van der Waals surface area contributed by atoms with Crippen LogP contribution in [0.5, 0.6) is 0 Å². The molecule has 0 aromatic carbocycles. The fraction of sp³-hybridized carbons (Fsp3) is 0.500. The van der Waals surface area contributed by atoms with Crippen molar-refractivity contribution in [3.8, 4) is 0 Å². The van der Waals surface area contributed by atoms with Crippen molar-refractivity contribution in [3.05, 3.63) is 11.6 Å². The van der Waals surface area contributed by atoms with Gasteiger partial charge in [-0.3, -0.25) is 0 Å². The number of rotatable bonds is 3. The van der Waals surface area contributed by atoms with Crippen molar-refractivity contribution in [2.24, 2.45) is 0 Å². The highest BCUT2D eigenvalue weighted by molar-refractivity contribution is 5.95. The maximum atomic E-state index is 10.8. The van der Waals surface area contributed by atoms with E-state index in [4.69, 9.17) is 0 Å². The number of ether oxygens (including phenoxy) is 2. The molecule has 0 spiro atoms. The molecule has 0 atom stereocenters. The van der Waals surface area contributed by atoms with E-state index in [1.165, 1.54) is 14.0 Å². The van der Waals surface area contributed by atoms with Crippen molar-refractivity contribution < 1.29 is 19.1 Å². The van der Waals surface area contributed by atoms with Crippen molar-refractivity contribution in [2.45, 2.75) is 13.8 Å². The van der Waals surface area contributed by atoms with E-state index in [2.05, 4.69) is 9.47 Å². The van der Waals surface area contributed by atoms with Crippen LogP contribution in [0.25, 0.3) is 0 Å². The van der Waals surface area contributed by atoms with E-state index in [9.17, 15) is 9.59 Å². The third kappa shape index (κ3) is 3.75. The summed E-state index contributed by atoms with van der Waals surface area (Å²) >= 11 is 0. The van der Waals surface area contributed by atoms with Gasteiger partial charge in [-0.05, 0) is 13.8 Å². The van der Waals surface area contributed by atoms with E-state index in [0.717, 1.165) is 6.08 Å². The Hall–Kier alpha value is -1.32. The molecule has 0 radical (unpaired) electrons. The zero-order chi connectivity index (χ0) is 9.56. The zero-order valence-electron chi connectivity index (χ0n) is 7.42. The van der Waals surface area contributed by atoms with Crippen LogP contribution in [0.3, 0.4) is 0 Å². The molecule has 0 N–H and O–H groups in total. The molecular weight excluding hydrogens is 160 g/mol. The Labute approximate surface area is 71.2 Å². The zero-order valence-corrected chi connectivity index (χ0v) is 7.42. The monoisotopic (exact) mass is 172 g/mol. The summed E-state index contributed by atoms with van der Waals surface area (Å²) in [5, 5.41) is 0.